The maximum atomic E-state index is 11.9. The van der Waals surface area contributed by atoms with E-state index in [1.165, 1.54) is 13.3 Å². The Morgan fingerprint density at radius 1 is 1.19 bits per heavy atom. The number of benzene rings is 1. The number of aromatic nitrogens is 2. The molecule has 2 N–H and O–H groups in total. The Morgan fingerprint density at radius 3 is 2.46 bits per heavy atom. The number of aryl methyl sites for hydroxylation is 2. The summed E-state index contributed by atoms with van der Waals surface area (Å²) < 4.78 is 10.2. The van der Waals surface area contributed by atoms with E-state index in [0.717, 1.165) is 17.0 Å². The van der Waals surface area contributed by atoms with Crippen LogP contribution in [0.1, 0.15) is 17.0 Å². The minimum Gasteiger partial charge on any atom is -0.466 e. The van der Waals surface area contributed by atoms with Gasteiger partial charge in [0.2, 0.25) is 5.95 Å². The van der Waals surface area contributed by atoms with E-state index in [9.17, 15) is 4.79 Å². The zero-order chi connectivity index (χ0) is 18.9. The van der Waals surface area contributed by atoms with Crippen LogP contribution in [0.15, 0.2) is 48.3 Å². The van der Waals surface area contributed by atoms with Gasteiger partial charge < -0.3 is 20.1 Å². The van der Waals surface area contributed by atoms with E-state index in [4.69, 9.17) is 21.7 Å². The quantitative estimate of drug-likeness (QED) is 0.455. The molecule has 0 fully saturated rings. The van der Waals surface area contributed by atoms with Crippen molar-refractivity contribution >= 4 is 29.3 Å². The third-order valence-electron chi connectivity index (χ3n) is 3.18. The van der Waals surface area contributed by atoms with Crippen molar-refractivity contribution in [1.82, 2.24) is 15.3 Å². The molecule has 7 nitrogen and oxygen atoms in total. The van der Waals surface area contributed by atoms with Crippen molar-refractivity contribution in [2.24, 2.45) is 0 Å². The molecule has 1 aromatic heterocycles. The van der Waals surface area contributed by atoms with E-state index in [-0.39, 0.29) is 17.5 Å². The lowest BCUT2D eigenvalue weighted by Crippen LogP contribution is -2.29. The van der Waals surface area contributed by atoms with Crippen LogP contribution < -0.4 is 10.6 Å². The number of rotatable bonds is 6. The highest BCUT2D eigenvalue weighted by atomic mass is 32.1. The van der Waals surface area contributed by atoms with E-state index < -0.39 is 5.97 Å². The van der Waals surface area contributed by atoms with Gasteiger partial charge >= 0.3 is 5.97 Å². The van der Waals surface area contributed by atoms with E-state index in [1.54, 1.807) is 0 Å². The number of carbonyl (C=O) groups excluding carboxylic acids is 1. The van der Waals surface area contributed by atoms with Gasteiger partial charge in [0.05, 0.1) is 7.11 Å². The number of hydrogen-bond acceptors (Lipinski definition) is 7. The molecule has 0 aliphatic heterocycles. The van der Waals surface area contributed by atoms with Crippen molar-refractivity contribution in [1.29, 1.82) is 0 Å². The van der Waals surface area contributed by atoms with Crippen LogP contribution in [0.2, 0.25) is 0 Å². The van der Waals surface area contributed by atoms with Crippen LogP contribution in [0.5, 0.6) is 0 Å². The number of methoxy groups -OCH3 is 1. The van der Waals surface area contributed by atoms with Crippen LogP contribution in [0.25, 0.3) is 0 Å². The lowest BCUT2D eigenvalue weighted by atomic mass is 10.2. The monoisotopic (exact) mass is 372 g/mol. The molecular weight excluding hydrogens is 352 g/mol. The summed E-state index contributed by atoms with van der Waals surface area (Å²) in [5.41, 5.74) is 2.65. The van der Waals surface area contributed by atoms with Gasteiger partial charge in [-0.15, -0.1) is 0 Å². The molecule has 2 aromatic rings. The van der Waals surface area contributed by atoms with Crippen LogP contribution in [0.3, 0.4) is 0 Å². The number of nitrogens with one attached hydrogen (secondary N) is 2. The van der Waals surface area contributed by atoms with Gasteiger partial charge in [-0.2, -0.15) is 0 Å². The smallest absolute Gasteiger partial charge is 0.356 e. The van der Waals surface area contributed by atoms with Gasteiger partial charge in [0, 0.05) is 17.6 Å². The van der Waals surface area contributed by atoms with Gasteiger partial charge in [-0.05, 0) is 37.7 Å². The van der Waals surface area contributed by atoms with Crippen molar-refractivity contribution in [3.8, 4) is 0 Å². The summed E-state index contributed by atoms with van der Waals surface area (Å²) in [6.07, 6.45) is 1.39. The number of thiocarbonyl (C=S) groups is 1. The molecule has 0 bridgehead atoms. The molecule has 8 heteroatoms. The van der Waals surface area contributed by atoms with Gasteiger partial charge in [-0.1, -0.05) is 30.3 Å². The van der Waals surface area contributed by atoms with Gasteiger partial charge in [0.1, 0.15) is 12.3 Å². The summed E-state index contributed by atoms with van der Waals surface area (Å²) >= 11 is 5.13. The Bertz CT molecular complexity index is 789. The molecule has 2 rings (SSSR count). The lowest BCUT2D eigenvalue weighted by molar-refractivity contribution is -0.136. The second-order valence-electron chi connectivity index (χ2n) is 5.35. The number of hydrogen-bond donors (Lipinski definition) is 2. The van der Waals surface area contributed by atoms with E-state index in [0.29, 0.717) is 5.95 Å². The van der Waals surface area contributed by atoms with E-state index in [1.807, 2.05) is 50.2 Å². The number of ether oxygens (including phenoxy) is 2. The molecular formula is C18H20N4O3S. The summed E-state index contributed by atoms with van der Waals surface area (Å²) in [5, 5.41) is 5.62. The normalized spacial score (nSPS) is 10.8. The van der Waals surface area contributed by atoms with Crippen molar-refractivity contribution in [2.45, 2.75) is 20.5 Å². The van der Waals surface area contributed by atoms with Gasteiger partial charge in [-0.3, -0.25) is 0 Å². The number of nitrogens with zero attached hydrogens (tertiary/aromatic N) is 2. The second-order valence-corrected chi connectivity index (χ2v) is 5.73. The highest BCUT2D eigenvalue weighted by molar-refractivity contribution is 7.80. The Hall–Kier alpha value is -3.00. The number of esters is 1. The average molecular weight is 372 g/mol. The van der Waals surface area contributed by atoms with Crippen LogP contribution in [-0.2, 0) is 20.9 Å². The van der Waals surface area contributed by atoms with Gasteiger partial charge in [0.25, 0.3) is 5.17 Å². The standard InChI is InChI=1S/C18H20N4O3S/c1-12-9-13(2)21-17(20-12)19-10-15(16(23)24-3)22-18(26)25-11-14-7-5-4-6-8-14/h4-10H,11H2,1-3H3,(H,22,26)(H,19,20,21)/b15-10+. The first-order valence-electron chi connectivity index (χ1n) is 7.83. The predicted molar refractivity (Wildman–Crippen MR) is 102 cm³/mol. The molecule has 1 heterocycles. The third-order valence-corrected chi connectivity index (χ3v) is 3.40. The van der Waals surface area contributed by atoms with E-state index >= 15 is 0 Å². The topological polar surface area (TPSA) is 85.4 Å². The molecule has 0 radical (unpaired) electrons. The third kappa shape index (κ3) is 6.14. The molecule has 0 unspecified atom stereocenters. The Balaban J connectivity index is 2.01. The van der Waals surface area contributed by atoms with Crippen molar-refractivity contribution < 1.29 is 14.3 Å². The molecule has 0 spiro atoms. The highest BCUT2D eigenvalue weighted by Crippen LogP contribution is 2.05. The maximum absolute atomic E-state index is 11.9. The molecule has 0 aliphatic rings. The molecule has 0 aliphatic carbocycles. The SMILES string of the molecule is COC(=O)/C(=C\Nc1nc(C)cc(C)n1)NC(=S)OCc1ccccc1. The van der Waals surface area contributed by atoms with Crippen LogP contribution in [0.4, 0.5) is 5.95 Å². The Labute approximate surface area is 157 Å². The lowest BCUT2D eigenvalue weighted by Gasteiger charge is -2.12. The highest BCUT2D eigenvalue weighted by Gasteiger charge is 2.12. The number of carbonyl (C=O) groups is 1. The summed E-state index contributed by atoms with van der Waals surface area (Å²) in [7, 11) is 1.28. The first kappa shape index (κ1) is 19.3. The zero-order valence-electron chi connectivity index (χ0n) is 14.8. The fourth-order valence-corrected chi connectivity index (χ4v) is 2.22. The molecule has 26 heavy (non-hydrogen) atoms. The minimum absolute atomic E-state index is 0.0497. The second kappa shape index (κ2) is 9.47. The van der Waals surface area contributed by atoms with Crippen LogP contribution in [0, 0.1) is 13.8 Å². The Kier molecular flexibility index (Phi) is 7.04. The largest absolute Gasteiger partial charge is 0.466 e. The fourth-order valence-electron chi connectivity index (χ4n) is 2.05. The van der Waals surface area contributed by atoms with Crippen molar-refractivity contribution in [3.05, 3.63) is 65.2 Å². The summed E-state index contributed by atoms with van der Waals surface area (Å²) in [6, 6.07) is 11.4. The van der Waals surface area contributed by atoms with Crippen LogP contribution in [-0.4, -0.2) is 28.2 Å². The summed E-state index contributed by atoms with van der Waals surface area (Å²) in [6.45, 7) is 4.00. The Morgan fingerprint density at radius 2 is 1.85 bits per heavy atom. The molecule has 0 atom stereocenters. The fraction of sp³-hybridized carbons (Fsp3) is 0.222. The summed E-state index contributed by atoms with van der Waals surface area (Å²) in [4.78, 5) is 20.4. The van der Waals surface area contributed by atoms with Crippen molar-refractivity contribution in [2.75, 3.05) is 12.4 Å². The predicted octanol–water partition coefficient (Wildman–Crippen LogP) is 2.61. The molecule has 0 saturated heterocycles. The van der Waals surface area contributed by atoms with Crippen molar-refractivity contribution in [3.63, 3.8) is 0 Å². The minimum atomic E-state index is -0.604. The molecule has 136 valence electrons. The maximum Gasteiger partial charge on any atom is 0.356 e. The zero-order valence-corrected chi connectivity index (χ0v) is 15.6. The number of anilines is 1. The first-order chi connectivity index (χ1) is 12.5. The van der Waals surface area contributed by atoms with Gasteiger partial charge in [0.15, 0.2) is 0 Å². The molecule has 0 amide bonds. The molecule has 0 saturated carbocycles. The van der Waals surface area contributed by atoms with E-state index in [2.05, 4.69) is 20.6 Å². The van der Waals surface area contributed by atoms with Crippen LogP contribution >= 0.6 is 12.2 Å². The summed E-state index contributed by atoms with van der Waals surface area (Å²) in [5.74, 6) is -0.241. The first-order valence-corrected chi connectivity index (χ1v) is 8.24. The average Bonchev–Trinajstić information content (AvgIpc) is 2.63. The van der Waals surface area contributed by atoms with Gasteiger partial charge in [-0.25, -0.2) is 14.8 Å². The molecule has 1 aromatic carbocycles.